The summed E-state index contributed by atoms with van der Waals surface area (Å²) in [6, 6.07) is 10.5. The van der Waals surface area contributed by atoms with Crippen molar-refractivity contribution in [1.29, 1.82) is 0 Å². The molecule has 0 amide bonds. The Balaban J connectivity index is 1.69. The molecular weight excluding hydrogens is 334 g/mol. The van der Waals surface area contributed by atoms with E-state index in [1.807, 2.05) is 18.2 Å². The smallest absolute Gasteiger partial charge is 0.160 e. The molecule has 0 fully saturated rings. The maximum atomic E-state index is 9.75. The number of rotatable bonds is 7. The van der Waals surface area contributed by atoms with Gasteiger partial charge in [0.2, 0.25) is 0 Å². The SMILES string of the molecule is C=Cc1ccc2c(c1/C=C\C)CN([C@H](C)CCc1ccc(O)c(OC)c1)C2. The first-order valence-corrected chi connectivity index (χ1v) is 9.57. The lowest BCUT2D eigenvalue weighted by atomic mass is 9.97. The van der Waals surface area contributed by atoms with Crippen LogP contribution in [-0.4, -0.2) is 23.2 Å². The molecule has 1 N–H and O–H groups in total. The standard InChI is InChI=1S/C24H29NO2/c1-5-7-21-19(6-2)11-12-20-15-25(16-22(20)21)17(3)8-9-18-10-13-23(26)24(14-18)27-4/h5-7,10-14,17,26H,2,8-9,15-16H2,1,3-4H3/b7-5-/t17-/m1/s1. The van der Waals surface area contributed by atoms with Crippen LogP contribution in [0.1, 0.15) is 48.1 Å². The summed E-state index contributed by atoms with van der Waals surface area (Å²) in [5.41, 5.74) is 6.56. The fraction of sp³-hybridized carbons (Fsp3) is 0.333. The summed E-state index contributed by atoms with van der Waals surface area (Å²) in [7, 11) is 1.59. The number of nitrogens with zero attached hydrogens (tertiary/aromatic N) is 1. The highest BCUT2D eigenvalue weighted by Gasteiger charge is 2.25. The van der Waals surface area contributed by atoms with Gasteiger partial charge < -0.3 is 9.84 Å². The van der Waals surface area contributed by atoms with Gasteiger partial charge >= 0.3 is 0 Å². The van der Waals surface area contributed by atoms with Crippen molar-refractivity contribution >= 4 is 12.2 Å². The number of allylic oxidation sites excluding steroid dienone is 1. The summed E-state index contributed by atoms with van der Waals surface area (Å²) in [4.78, 5) is 2.54. The Kier molecular flexibility index (Phi) is 6.02. The molecule has 0 spiro atoms. The maximum absolute atomic E-state index is 9.75. The van der Waals surface area contributed by atoms with Crippen molar-refractivity contribution in [3.63, 3.8) is 0 Å². The van der Waals surface area contributed by atoms with Gasteiger partial charge in [-0.25, -0.2) is 0 Å². The number of ether oxygens (including phenoxy) is 1. The number of hydrogen-bond donors (Lipinski definition) is 1. The molecule has 0 saturated carbocycles. The van der Waals surface area contributed by atoms with E-state index in [9.17, 15) is 5.11 Å². The highest BCUT2D eigenvalue weighted by molar-refractivity contribution is 5.69. The Hall–Kier alpha value is -2.52. The van der Waals surface area contributed by atoms with Gasteiger partial charge in [-0.2, -0.15) is 0 Å². The van der Waals surface area contributed by atoms with Crippen LogP contribution in [0.25, 0.3) is 12.2 Å². The van der Waals surface area contributed by atoms with Gasteiger partial charge in [-0.15, -0.1) is 0 Å². The fourth-order valence-corrected chi connectivity index (χ4v) is 3.83. The minimum Gasteiger partial charge on any atom is -0.504 e. The van der Waals surface area contributed by atoms with Crippen molar-refractivity contribution in [2.24, 2.45) is 0 Å². The number of aryl methyl sites for hydroxylation is 1. The Morgan fingerprint density at radius 1 is 1.26 bits per heavy atom. The first-order chi connectivity index (χ1) is 13.1. The second-order valence-corrected chi connectivity index (χ2v) is 7.21. The van der Waals surface area contributed by atoms with Crippen molar-refractivity contribution in [3.8, 4) is 11.5 Å². The second-order valence-electron chi connectivity index (χ2n) is 7.21. The lowest BCUT2D eigenvalue weighted by Gasteiger charge is -2.24. The molecule has 0 aromatic heterocycles. The number of phenolic OH excluding ortho intramolecular Hbond substituents is 1. The Morgan fingerprint density at radius 3 is 2.78 bits per heavy atom. The molecule has 0 aliphatic carbocycles. The van der Waals surface area contributed by atoms with Crippen LogP contribution in [0.3, 0.4) is 0 Å². The highest BCUT2D eigenvalue weighted by atomic mass is 16.5. The summed E-state index contributed by atoms with van der Waals surface area (Å²) in [6.45, 7) is 10.3. The highest BCUT2D eigenvalue weighted by Crippen LogP contribution is 2.32. The first-order valence-electron chi connectivity index (χ1n) is 9.57. The number of fused-ring (bicyclic) bond motifs is 1. The minimum absolute atomic E-state index is 0.193. The van der Waals surface area contributed by atoms with E-state index in [1.54, 1.807) is 13.2 Å². The number of methoxy groups -OCH3 is 1. The molecule has 1 heterocycles. The minimum atomic E-state index is 0.193. The van der Waals surface area contributed by atoms with Gasteiger partial charge in [-0.3, -0.25) is 4.90 Å². The van der Waals surface area contributed by atoms with Gasteiger partial charge in [-0.05, 0) is 66.6 Å². The van der Waals surface area contributed by atoms with Crippen molar-refractivity contribution in [2.45, 2.75) is 45.8 Å². The molecule has 142 valence electrons. The van der Waals surface area contributed by atoms with E-state index >= 15 is 0 Å². The van der Waals surface area contributed by atoms with E-state index in [4.69, 9.17) is 4.74 Å². The molecule has 1 aliphatic rings. The van der Waals surface area contributed by atoms with Crippen LogP contribution in [0, 0.1) is 0 Å². The number of benzene rings is 2. The molecule has 3 rings (SSSR count). The van der Waals surface area contributed by atoms with Crippen LogP contribution in [0.5, 0.6) is 11.5 Å². The molecule has 3 heteroatoms. The summed E-state index contributed by atoms with van der Waals surface area (Å²) >= 11 is 0. The van der Waals surface area contributed by atoms with Crippen LogP contribution >= 0.6 is 0 Å². The number of aromatic hydroxyl groups is 1. The zero-order valence-electron chi connectivity index (χ0n) is 16.5. The van der Waals surface area contributed by atoms with Crippen molar-refractivity contribution in [2.75, 3.05) is 7.11 Å². The van der Waals surface area contributed by atoms with E-state index in [0.29, 0.717) is 11.8 Å². The summed E-state index contributed by atoms with van der Waals surface area (Å²) in [6.07, 6.45) is 8.28. The third-order valence-corrected chi connectivity index (χ3v) is 5.49. The zero-order valence-corrected chi connectivity index (χ0v) is 16.5. The monoisotopic (exact) mass is 363 g/mol. The molecule has 0 unspecified atom stereocenters. The van der Waals surface area contributed by atoms with Crippen LogP contribution in [0.4, 0.5) is 0 Å². The maximum Gasteiger partial charge on any atom is 0.160 e. The second kappa shape index (κ2) is 8.45. The van der Waals surface area contributed by atoms with Gasteiger partial charge in [0.1, 0.15) is 0 Å². The molecular formula is C24H29NO2. The predicted octanol–water partition coefficient (Wildman–Crippen LogP) is 5.41. The molecule has 3 nitrogen and oxygen atoms in total. The number of hydrogen-bond acceptors (Lipinski definition) is 3. The van der Waals surface area contributed by atoms with E-state index in [2.05, 4.69) is 49.6 Å². The van der Waals surface area contributed by atoms with Crippen LogP contribution in [-0.2, 0) is 19.5 Å². The number of phenols is 1. The third-order valence-electron chi connectivity index (χ3n) is 5.49. The fourth-order valence-electron chi connectivity index (χ4n) is 3.83. The topological polar surface area (TPSA) is 32.7 Å². The van der Waals surface area contributed by atoms with Crippen molar-refractivity contribution < 1.29 is 9.84 Å². The summed E-state index contributed by atoms with van der Waals surface area (Å²) in [5, 5.41) is 9.75. The van der Waals surface area contributed by atoms with Gasteiger partial charge in [0.25, 0.3) is 0 Å². The average molecular weight is 364 g/mol. The quantitative estimate of drug-likeness (QED) is 0.713. The zero-order chi connectivity index (χ0) is 19.4. The third kappa shape index (κ3) is 4.09. The normalized spacial score (nSPS) is 15.1. The van der Waals surface area contributed by atoms with Crippen LogP contribution in [0.2, 0.25) is 0 Å². The van der Waals surface area contributed by atoms with Crippen molar-refractivity contribution in [3.05, 3.63) is 70.8 Å². The summed E-state index contributed by atoms with van der Waals surface area (Å²) in [5.74, 6) is 0.737. The molecule has 0 saturated heterocycles. The Labute approximate surface area is 162 Å². The molecule has 1 aliphatic heterocycles. The molecule has 0 bridgehead atoms. The molecule has 0 radical (unpaired) electrons. The molecule has 1 atom stereocenters. The van der Waals surface area contributed by atoms with Crippen molar-refractivity contribution in [1.82, 2.24) is 4.90 Å². The summed E-state index contributed by atoms with van der Waals surface area (Å²) < 4.78 is 5.22. The van der Waals surface area contributed by atoms with Gasteiger partial charge in [0.05, 0.1) is 7.11 Å². The van der Waals surface area contributed by atoms with E-state index in [1.165, 1.54) is 27.8 Å². The Morgan fingerprint density at radius 2 is 2.07 bits per heavy atom. The van der Waals surface area contributed by atoms with Gasteiger partial charge in [0.15, 0.2) is 11.5 Å². The molecule has 2 aromatic carbocycles. The van der Waals surface area contributed by atoms with Gasteiger partial charge in [-0.1, -0.05) is 43.0 Å². The van der Waals surface area contributed by atoms with E-state index < -0.39 is 0 Å². The lowest BCUT2D eigenvalue weighted by Crippen LogP contribution is -2.28. The average Bonchev–Trinajstić information content (AvgIpc) is 3.12. The van der Waals surface area contributed by atoms with Gasteiger partial charge in [0, 0.05) is 19.1 Å². The lowest BCUT2D eigenvalue weighted by molar-refractivity contribution is 0.203. The van der Waals surface area contributed by atoms with Crippen LogP contribution in [0.15, 0.2) is 43.0 Å². The van der Waals surface area contributed by atoms with E-state index in [-0.39, 0.29) is 5.75 Å². The molecule has 27 heavy (non-hydrogen) atoms. The first kappa shape index (κ1) is 19.2. The largest absolute Gasteiger partial charge is 0.504 e. The Bertz CT molecular complexity index is 854. The predicted molar refractivity (Wildman–Crippen MR) is 113 cm³/mol. The van der Waals surface area contributed by atoms with E-state index in [0.717, 1.165) is 25.9 Å². The van der Waals surface area contributed by atoms with Crippen LogP contribution < -0.4 is 4.74 Å². The molecule has 2 aromatic rings.